The Morgan fingerprint density at radius 1 is 0.262 bits per heavy atom. The Morgan fingerprint density at radius 3 is 1.25 bits per heavy atom. The molecule has 0 unspecified atom stereocenters. The van der Waals surface area contributed by atoms with Gasteiger partial charge in [0.05, 0.1) is 16.7 Å². The highest BCUT2D eigenvalue weighted by Crippen LogP contribution is 2.45. The minimum Gasteiger partial charge on any atom is -0.309 e. The Hall–Kier alpha value is -8.21. The molecule has 61 heavy (non-hydrogen) atoms. The molecule has 12 aromatic rings. The van der Waals surface area contributed by atoms with Gasteiger partial charge in [0.1, 0.15) is 0 Å². The van der Waals surface area contributed by atoms with Gasteiger partial charge in [-0.2, -0.15) is 0 Å². The van der Waals surface area contributed by atoms with Crippen LogP contribution < -0.4 is 0 Å². The summed E-state index contributed by atoms with van der Waals surface area (Å²) in [5, 5.41) is 9.37. The molecular weight excluding hydrogens is 741 g/mol. The van der Waals surface area contributed by atoms with Crippen LogP contribution in [-0.4, -0.2) is 19.5 Å². The van der Waals surface area contributed by atoms with E-state index in [1.807, 2.05) is 36.4 Å². The predicted molar refractivity (Wildman–Crippen MR) is 254 cm³/mol. The molecule has 4 heteroatoms. The van der Waals surface area contributed by atoms with Crippen LogP contribution >= 0.6 is 0 Å². The van der Waals surface area contributed by atoms with Crippen LogP contribution in [0.2, 0.25) is 0 Å². The standard InChI is InChI=1S/C57H36N4/c1-5-17-37(18-6-1)41-31-33-44-45-34-32-42(38-19-7-2-8-20-38)36-52(45)61(51(44)35-41)50-30-16-28-48-53-46(43-25-13-14-26-47(43)54(48)50)27-15-29-49(53)57-59-55(39-21-9-3-10-22-39)58-56(60-57)40-23-11-4-12-24-40/h1-36H. The maximum Gasteiger partial charge on any atom is 0.164 e. The Kier molecular flexibility index (Phi) is 8.13. The Balaban J connectivity index is 1.20. The van der Waals surface area contributed by atoms with Crippen LogP contribution in [-0.2, 0) is 0 Å². The van der Waals surface area contributed by atoms with E-state index in [0.717, 1.165) is 49.6 Å². The van der Waals surface area contributed by atoms with E-state index >= 15 is 0 Å². The van der Waals surface area contributed by atoms with Crippen molar-refractivity contribution in [1.82, 2.24) is 19.5 Å². The van der Waals surface area contributed by atoms with E-state index in [2.05, 4.69) is 187 Å². The van der Waals surface area contributed by atoms with Gasteiger partial charge >= 0.3 is 0 Å². The Bertz CT molecular complexity index is 3460. The van der Waals surface area contributed by atoms with Crippen molar-refractivity contribution in [3.63, 3.8) is 0 Å². The molecule has 2 heterocycles. The van der Waals surface area contributed by atoms with Crippen molar-refractivity contribution in [1.29, 1.82) is 0 Å². The van der Waals surface area contributed by atoms with Crippen LogP contribution in [0.3, 0.4) is 0 Å². The molecule has 0 N–H and O–H groups in total. The fraction of sp³-hybridized carbons (Fsp3) is 0. The molecule has 0 radical (unpaired) electrons. The molecule has 0 fully saturated rings. The first kappa shape index (κ1) is 34.8. The fourth-order valence-corrected chi connectivity index (χ4v) is 9.23. The molecule has 0 saturated carbocycles. The summed E-state index contributed by atoms with van der Waals surface area (Å²) in [4.78, 5) is 15.5. The number of nitrogens with zero attached hydrogens (tertiary/aromatic N) is 4. The molecule has 0 bridgehead atoms. The van der Waals surface area contributed by atoms with Crippen molar-refractivity contribution < 1.29 is 0 Å². The molecule has 10 aromatic carbocycles. The summed E-state index contributed by atoms with van der Waals surface area (Å²) in [6, 6.07) is 77.7. The van der Waals surface area contributed by atoms with Gasteiger partial charge in [-0.3, -0.25) is 0 Å². The lowest BCUT2D eigenvalue weighted by Gasteiger charge is -2.18. The summed E-state index contributed by atoms with van der Waals surface area (Å²) >= 11 is 0. The average molecular weight is 777 g/mol. The summed E-state index contributed by atoms with van der Waals surface area (Å²) < 4.78 is 2.50. The van der Waals surface area contributed by atoms with Crippen molar-refractivity contribution in [2.75, 3.05) is 0 Å². The molecule has 284 valence electrons. The summed E-state index contributed by atoms with van der Waals surface area (Å²) in [5.74, 6) is 1.92. The topological polar surface area (TPSA) is 43.6 Å². The summed E-state index contributed by atoms with van der Waals surface area (Å²) in [5.41, 5.74) is 11.0. The third kappa shape index (κ3) is 5.80. The quantitative estimate of drug-likeness (QED) is 0.158. The van der Waals surface area contributed by atoms with Gasteiger partial charge < -0.3 is 4.57 Å². The minimum absolute atomic E-state index is 0.636. The number of fused-ring (bicyclic) bond motifs is 9. The van der Waals surface area contributed by atoms with Gasteiger partial charge in [-0.05, 0) is 62.0 Å². The lowest BCUT2D eigenvalue weighted by atomic mass is 9.90. The van der Waals surface area contributed by atoms with Gasteiger partial charge in [-0.1, -0.05) is 200 Å². The van der Waals surface area contributed by atoms with Crippen LogP contribution in [0.4, 0.5) is 0 Å². The Labute approximate surface area is 352 Å². The van der Waals surface area contributed by atoms with Crippen LogP contribution in [0.1, 0.15) is 0 Å². The van der Waals surface area contributed by atoms with Gasteiger partial charge in [0.2, 0.25) is 0 Å². The fourth-order valence-electron chi connectivity index (χ4n) is 9.23. The van der Waals surface area contributed by atoms with Crippen molar-refractivity contribution in [3.05, 3.63) is 218 Å². The molecule has 0 saturated heterocycles. The number of hydrogen-bond acceptors (Lipinski definition) is 3. The van der Waals surface area contributed by atoms with Crippen molar-refractivity contribution in [2.24, 2.45) is 0 Å². The molecule has 0 aliphatic rings. The molecular formula is C57H36N4. The van der Waals surface area contributed by atoms with E-state index in [-0.39, 0.29) is 0 Å². The highest BCUT2D eigenvalue weighted by molar-refractivity contribution is 6.30. The second-order valence-electron chi connectivity index (χ2n) is 15.5. The van der Waals surface area contributed by atoms with E-state index in [1.54, 1.807) is 0 Å². The van der Waals surface area contributed by atoms with Crippen LogP contribution in [0.25, 0.3) is 116 Å². The number of benzene rings is 10. The molecule has 0 amide bonds. The third-order valence-corrected chi connectivity index (χ3v) is 12.0. The van der Waals surface area contributed by atoms with Gasteiger partial charge in [-0.15, -0.1) is 0 Å². The maximum atomic E-state index is 5.24. The van der Waals surface area contributed by atoms with E-state index in [4.69, 9.17) is 15.0 Å². The lowest BCUT2D eigenvalue weighted by molar-refractivity contribution is 1.08. The highest BCUT2D eigenvalue weighted by atomic mass is 15.0. The van der Waals surface area contributed by atoms with E-state index in [0.29, 0.717) is 17.5 Å². The van der Waals surface area contributed by atoms with Gasteiger partial charge in [0.25, 0.3) is 0 Å². The number of hydrogen-bond donors (Lipinski definition) is 0. The monoisotopic (exact) mass is 776 g/mol. The first-order chi connectivity index (χ1) is 30.3. The minimum atomic E-state index is 0.636. The third-order valence-electron chi connectivity index (χ3n) is 12.0. The second kappa shape index (κ2) is 14.3. The van der Waals surface area contributed by atoms with Crippen molar-refractivity contribution in [2.45, 2.75) is 0 Å². The normalized spacial score (nSPS) is 11.6. The number of rotatable bonds is 6. The van der Waals surface area contributed by atoms with E-state index in [1.165, 1.54) is 49.2 Å². The van der Waals surface area contributed by atoms with Crippen molar-refractivity contribution >= 4 is 54.1 Å². The zero-order valence-electron chi connectivity index (χ0n) is 33.1. The largest absolute Gasteiger partial charge is 0.309 e. The molecule has 2 aromatic heterocycles. The van der Waals surface area contributed by atoms with E-state index in [9.17, 15) is 0 Å². The van der Waals surface area contributed by atoms with Gasteiger partial charge in [-0.25, -0.2) is 15.0 Å². The lowest BCUT2D eigenvalue weighted by Crippen LogP contribution is -2.01. The molecule has 4 nitrogen and oxygen atoms in total. The summed E-state index contributed by atoms with van der Waals surface area (Å²) in [7, 11) is 0. The summed E-state index contributed by atoms with van der Waals surface area (Å²) in [6.45, 7) is 0. The first-order valence-electron chi connectivity index (χ1n) is 20.7. The SMILES string of the molecule is c1ccc(-c2ccc3c4ccc(-c5ccccc5)cc4n(-c4cccc5c6c(-c7nc(-c8ccccc8)nc(-c8ccccc8)n7)cccc6c6ccccc6c45)c3c2)cc1. The zero-order chi connectivity index (χ0) is 40.3. The van der Waals surface area contributed by atoms with Gasteiger partial charge in [0, 0.05) is 38.2 Å². The summed E-state index contributed by atoms with van der Waals surface area (Å²) in [6.07, 6.45) is 0. The molecule has 0 spiro atoms. The molecule has 0 aliphatic carbocycles. The highest BCUT2D eigenvalue weighted by Gasteiger charge is 2.22. The van der Waals surface area contributed by atoms with E-state index < -0.39 is 0 Å². The molecule has 0 aliphatic heterocycles. The predicted octanol–water partition coefficient (Wildman–Crippen LogP) is 14.8. The van der Waals surface area contributed by atoms with Crippen LogP contribution in [0.15, 0.2) is 218 Å². The van der Waals surface area contributed by atoms with Gasteiger partial charge in [0.15, 0.2) is 17.5 Å². The van der Waals surface area contributed by atoms with Crippen LogP contribution in [0.5, 0.6) is 0 Å². The Morgan fingerprint density at radius 2 is 0.689 bits per heavy atom. The van der Waals surface area contributed by atoms with Crippen molar-refractivity contribution in [3.8, 4) is 62.1 Å². The second-order valence-corrected chi connectivity index (χ2v) is 15.5. The maximum absolute atomic E-state index is 5.24. The molecule has 0 atom stereocenters. The smallest absolute Gasteiger partial charge is 0.164 e. The zero-order valence-corrected chi connectivity index (χ0v) is 33.1. The first-order valence-corrected chi connectivity index (χ1v) is 20.7. The average Bonchev–Trinajstić information content (AvgIpc) is 3.67. The number of aromatic nitrogens is 4. The van der Waals surface area contributed by atoms with Crippen LogP contribution in [0, 0.1) is 0 Å². The molecule has 12 rings (SSSR count).